The highest BCUT2D eigenvalue weighted by molar-refractivity contribution is 5.89. The molecule has 1 aliphatic heterocycles. The first-order chi connectivity index (χ1) is 15.6. The summed E-state index contributed by atoms with van der Waals surface area (Å²) in [6, 6.07) is 10.7. The summed E-state index contributed by atoms with van der Waals surface area (Å²) in [5.41, 5.74) is 1.35. The zero-order chi connectivity index (χ0) is 22.8. The van der Waals surface area contributed by atoms with Crippen LogP contribution in [0.25, 0.3) is 0 Å². The Kier molecular flexibility index (Phi) is 9.28. The Morgan fingerprint density at radius 3 is 2.69 bits per heavy atom. The predicted molar refractivity (Wildman–Crippen MR) is 127 cm³/mol. The molecular weight excluding hydrogens is 400 g/mol. The van der Waals surface area contributed by atoms with Crippen LogP contribution >= 0.6 is 0 Å². The lowest BCUT2D eigenvalue weighted by molar-refractivity contribution is -0.140. The average Bonchev–Trinajstić information content (AvgIpc) is 3.38. The molecule has 4 heteroatoms. The third-order valence-electron chi connectivity index (χ3n) is 7.14. The van der Waals surface area contributed by atoms with E-state index in [2.05, 4.69) is 55.5 Å². The number of hydrogen-bond donors (Lipinski definition) is 0. The van der Waals surface area contributed by atoms with E-state index in [1.807, 2.05) is 6.08 Å². The van der Waals surface area contributed by atoms with Crippen LogP contribution in [-0.2, 0) is 24.5 Å². The van der Waals surface area contributed by atoms with Crippen molar-refractivity contribution in [3.8, 4) is 0 Å². The van der Waals surface area contributed by atoms with E-state index in [-0.39, 0.29) is 29.2 Å². The maximum absolute atomic E-state index is 12.4. The van der Waals surface area contributed by atoms with Gasteiger partial charge >= 0.3 is 5.97 Å². The van der Waals surface area contributed by atoms with Crippen LogP contribution in [0.15, 0.2) is 54.6 Å². The molecule has 1 heterocycles. The van der Waals surface area contributed by atoms with Crippen LogP contribution in [0.2, 0.25) is 0 Å². The molecule has 1 aromatic rings. The number of ketones is 1. The molecule has 3 rings (SSSR count). The molecule has 1 saturated carbocycles. The molecule has 0 radical (unpaired) electrons. The first-order valence-electron chi connectivity index (χ1n) is 12.2. The van der Waals surface area contributed by atoms with Crippen molar-refractivity contribution in [2.45, 2.75) is 76.2 Å². The molecule has 4 atom stereocenters. The molecule has 174 valence electrons. The summed E-state index contributed by atoms with van der Waals surface area (Å²) in [7, 11) is 1.43. The van der Waals surface area contributed by atoms with Gasteiger partial charge in [-0.25, -0.2) is 0 Å². The van der Waals surface area contributed by atoms with Crippen LogP contribution in [0.5, 0.6) is 0 Å². The fraction of sp³-hybridized carbons (Fsp3) is 0.571. The molecular formula is C28H38O4. The van der Waals surface area contributed by atoms with Gasteiger partial charge in [-0.3, -0.25) is 9.59 Å². The number of unbranched alkanes of at least 4 members (excludes halogenated alkanes) is 3. The number of carbonyl (C=O) groups excluding carboxylic acids is 2. The van der Waals surface area contributed by atoms with Crippen molar-refractivity contribution in [1.82, 2.24) is 0 Å². The molecule has 0 amide bonds. The first-order valence-corrected chi connectivity index (χ1v) is 12.2. The average molecular weight is 439 g/mol. The van der Waals surface area contributed by atoms with E-state index in [4.69, 9.17) is 9.47 Å². The molecule has 1 aliphatic carbocycles. The van der Waals surface area contributed by atoms with Crippen molar-refractivity contribution in [3.63, 3.8) is 0 Å². The Morgan fingerprint density at radius 2 is 1.94 bits per heavy atom. The second-order valence-corrected chi connectivity index (χ2v) is 9.22. The minimum atomic E-state index is -0.152. The van der Waals surface area contributed by atoms with Crippen molar-refractivity contribution >= 4 is 11.8 Å². The summed E-state index contributed by atoms with van der Waals surface area (Å²) in [6.45, 7) is 2.90. The molecule has 0 aromatic heterocycles. The minimum absolute atomic E-state index is 0.00253. The smallest absolute Gasteiger partial charge is 0.305 e. The van der Waals surface area contributed by atoms with E-state index in [0.717, 1.165) is 51.6 Å². The van der Waals surface area contributed by atoms with E-state index >= 15 is 0 Å². The first kappa shape index (κ1) is 24.4. The number of benzene rings is 1. The summed E-state index contributed by atoms with van der Waals surface area (Å²) in [6.07, 6.45) is 16.5. The minimum Gasteiger partial charge on any atom is -0.469 e. The van der Waals surface area contributed by atoms with E-state index < -0.39 is 0 Å². The van der Waals surface area contributed by atoms with E-state index in [9.17, 15) is 9.59 Å². The summed E-state index contributed by atoms with van der Waals surface area (Å²) in [4.78, 5) is 23.7. The molecule has 4 nitrogen and oxygen atoms in total. The van der Waals surface area contributed by atoms with Gasteiger partial charge in [-0.2, -0.15) is 0 Å². The molecule has 1 aromatic carbocycles. The predicted octanol–water partition coefficient (Wildman–Crippen LogP) is 5.95. The van der Waals surface area contributed by atoms with Crippen LogP contribution in [0, 0.1) is 11.8 Å². The topological polar surface area (TPSA) is 52.6 Å². The highest BCUT2D eigenvalue weighted by Crippen LogP contribution is 2.56. The van der Waals surface area contributed by atoms with Crippen molar-refractivity contribution in [2.75, 3.05) is 13.7 Å². The van der Waals surface area contributed by atoms with Gasteiger partial charge in [-0.15, -0.1) is 0 Å². The molecule has 32 heavy (non-hydrogen) atoms. The quantitative estimate of drug-likeness (QED) is 0.165. The largest absolute Gasteiger partial charge is 0.469 e. The van der Waals surface area contributed by atoms with Gasteiger partial charge < -0.3 is 9.47 Å². The lowest BCUT2D eigenvalue weighted by atomic mass is 9.69. The van der Waals surface area contributed by atoms with E-state index in [0.29, 0.717) is 18.8 Å². The number of methoxy groups -OCH3 is 1. The number of hydrogen-bond acceptors (Lipinski definition) is 4. The molecule has 2 aliphatic rings. The van der Waals surface area contributed by atoms with Crippen molar-refractivity contribution in [1.29, 1.82) is 0 Å². The van der Waals surface area contributed by atoms with Gasteiger partial charge in [0, 0.05) is 24.2 Å². The number of ether oxygens (including phenoxy) is 2. The van der Waals surface area contributed by atoms with E-state index in [1.54, 1.807) is 0 Å². The van der Waals surface area contributed by atoms with Gasteiger partial charge in [-0.1, -0.05) is 68.3 Å². The van der Waals surface area contributed by atoms with Gasteiger partial charge in [0.15, 0.2) is 5.78 Å². The Labute approximate surface area is 193 Å². The lowest BCUT2D eigenvalue weighted by Gasteiger charge is -2.38. The third-order valence-corrected chi connectivity index (χ3v) is 7.14. The number of rotatable bonds is 13. The zero-order valence-corrected chi connectivity index (χ0v) is 19.6. The Bertz CT molecular complexity index is 797. The zero-order valence-electron chi connectivity index (χ0n) is 19.6. The maximum atomic E-state index is 12.4. The normalized spacial score (nSPS) is 26.9. The fourth-order valence-electron chi connectivity index (χ4n) is 5.37. The second-order valence-electron chi connectivity index (χ2n) is 9.22. The highest BCUT2D eigenvalue weighted by atomic mass is 16.5. The lowest BCUT2D eigenvalue weighted by Crippen LogP contribution is -2.39. The van der Waals surface area contributed by atoms with Gasteiger partial charge in [0.2, 0.25) is 0 Å². The van der Waals surface area contributed by atoms with Crippen molar-refractivity contribution < 1.29 is 19.1 Å². The second kappa shape index (κ2) is 12.2. The van der Waals surface area contributed by atoms with Crippen LogP contribution in [-0.4, -0.2) is 31.6 Å². The van der Waals surface area contributed by atoms with Crippen LogP contribution in [0.1, 0.15) is 70.3 Å². The molecule has 0 spiro atoms. The maximum Gasteiger partial charge on any atom is 0.305 e. The summed E-state index contributed by atoms with van der Waals surface area (Å²) >= 11 is 0. The van der Waals surface area contributed by atoms with Crippen LogP contribution in [0.4, 0.5) is 0 Å². The summed E-state index contributed by atoms with van der Waals surface area (Å²) in [5, 5.41) is 0. The molecule has 2 bridgehead atoms. The van der Waals surface area contributed by atoms with Crippen molar-refractivity contribution in [3.05, 3.63) is 60.2 Å². The molecule has 0 unspecified atom stereocenters. The molecule has 1 saturated heterocycles. The Morgan fingerprint density at radius 1 is 1.12 bits per heavy atom. The number of fused-ring (bicyclic) bond motifs is 2. The summed E-state index contributed by atoms with van der Waals surface area (Å²) in [5.74, 6) is 0.728. The van der Waals surface area contributed by atoms with Crippen LogP contribution < -0.4 is 0 Å². The molecule has 2 fully saturated rings. The van der Waals surface area contributed by atoms with Crippen LogP contribution in [0.3, 0.4) is 0 Å². The third kappa shape index (κ3) is 5.98. The Hall–Kier alpha value is -2.20. The van der Waals surface area contributed by atoms with Gasteiger partial charge in [0.1, 0.15) is 0 Å². The number of carbonyl (C=O) groups is 2. The van der Waals surface area contributed by atoms with Gasteiger partial charge in [0.25, 0.3) is 0 Å². The van der Waals surface area contributed by atoms with Gasteiger partial charge in [0.05, 0.1) is 19.8 Å². The highest BCUT2D eigenvalue weighted by Gasteiger charge is 2.58. The Balaban J connectivity index is 1.69. The number of esters is 1. The van der Waals surface area contributed by atoms with E-state index in [1.165, 1.54) is 12.7 Å². The van der Waals surface area contributed by atoms with Gasteiger partial charge in [-0.05, 0) is 49.7 Å². The van der Waals surface area contributed by atoms with Crippen molar-refractivity contribution in [2.24, 2.45) is 11.8 Å². The SMILES string of the molecule is CCCCCC(=O)/C=C/[C@@H]1[C@@H]2C[C@@](c3ccccc3)(CO2)[C@H]1C/C=C\CCCC(=O)OC. The standard InChI is InChI=1S/C28H38O4/c1-3-4-8-15-23(29)18-19-24-25(16-11-5-6-12-17-27(30)31-2)28(20-26(24)32-21-28)22-13-9-7-10-14-22/h5,7,9-11,13-14,18-19,24-26H,3-4,6,8,12,15-17,20-21H2,1-2H3/b11-5-,19-18+/t24-,25-,26-,28-/m0/s1. The monoisotopic (exact) mass is 438 g/mol. The fourth-order valence-corrected chi connectivity index (χ4v) is 5.37. The summed E-state index contributed by atoms with van der Waals surface area (Å²) < 4.78 is 10.9. The molecule has 0 N–H and O–H groups in total. The number of allylic oxidation sites excluding steroid dienone is 3.